The summed E-state index contributed by atoms with van der Waals surface area (Å²) in [5.41, 5.74) is 3.09. The van der Waals surface area contributed by atoms with Gasteiger partial charge in [0.2, 0.25) is 6.10 Å². The minimum absolute atomic E-state index is 0.301. The molecule has 3 atom stereocenters. The zero-order chi connectivity index (χ0) is 28.1. The van der Waals surface area contributed by atoms with Crippen LogP contribution in [0.2, 0.25) is 5.02 Å². The number of nitrogens with zero attached hydrogens (tertiary/aromatic N) is 2. The van der Waals surface area contributed by atoms with Gasteiger partial charge >= 0.3 is 5.97 Å². The summed E-state index contributed by atoms with van der Waals surface area (Å²) in [4.78, 5) is 38.9. The molecule has 0 aliphatic heterocycles. The van der Waals surface area contributed by atoms with E-state index in [-0.39, 0.29) is 5.56 Å². The first-order valence-corrected chi connectivity index (χ1v) is 13.1. The highest BCUT2D eigenvalue weighted by molar-refractivity contribution is 6.37. The molecular weight excluding hydrogens is 534 g/mol. The standard InChI is InChI=1S/C30H24ClN3O6/c1-15-24-27(33-40-15)25-21(31)9-6-10-22(25)34(30(24)38)19-12-11-18-13-23(36)26(20(18)14-19)32-29(37)28(39-16(2)35)17-7-4-3-5-8-17/h3-12,14,23,26,28,36H,13H2,1-2H3,(H,32,37). The van der Waals surface area contributed by atoms with Crippen molar-refractivity contribution in [3.63, 3.8) is 0 Å². The van der Waals surface area contributed by atoms with E-state index in [1.165, 1.54) is 11.5 Å². The molecule has 0 spiro atoms. The number of benzene rings is 3. The number of carbonyl (C=O) groups is 2. The summed E-state index contributed by atoms with van der Waals surface area (Å²) in [6.45, 7) is 2.90. The van der Waals surface area contributed by atoms with Crippen LogP contribution in [0.25, 0.3) is 27.5 Å². The zero-order valence-electron chi connectivity index (χ0n) is 21.6. The fraction of sp³-hybridized carbons (Fsp3) is 0.200. The number of amides is 1. The van der Waals surface area contributed by atoms with Crippen LogP contribution >= 0.6 is 11.6 Å². The van der Waals surface area contributed by atoms with Crippen molar-refractivity contribution in [3.05, 3.63) is 105 Å². The predicted molar refractivity (Wildman–Crippen MR) is 148 cm³/mol. The number of aromatic nitrogens is 2. The predicted octanol–water partition coefficient (Wildman–Crippen LogP) is 4.47. The van der Waals surface area contributed by atoms with Crippen molar-refractivity contribution in [1.82, 2.24) is 15.0 Å². The lowest BCUT2D eigenvalue weighted by molar-refractivity contribution is -0.155. The second kappa shape index (κ2) is 9.93. The lowest BCUT2D eigenvalue weighted by atomic mass is 10.0. The van der Waals surface area contributed by atoms with Gasteiger partial charge in [-0.1, -0.05) is 59.2 Å². The van der Waals surface area contributed by atoms with Crippen molar-refractivity contribution in [2.45, 2.75) is 38.5 Å². The van der Waals surface area contributed by atoms with Crippen LogP contribution in [0.15, 0.2) is 76.0 Å². The topological polar surface area (TPSA) is 124 Å². The third-order valence-corrected chi connectivity index (χ3v) is 7.52. The molecule has 2 heterocycles. The maximum atomic E-state index is 13.8. The number of aryl methyl sites for hydroxylation is 1. The molecule has 9 nitrogen and oxygen atoms in total. The third-order valence-electron chi connectivity index (χ3n) is 7.21. The fourth-order valence-electron chi connectivity index (χ4n) is 5.42. The van der Waals surface area contributed by atoms with Gasteiger partial charge in [-0.3, -0.25) is 19.0 Å². The van der Waals surface area contributed by atoms with Gasteiger partial charge in [0.1, 0.15) is 16.7 Å². The van der Waals surface area contributed by atoms with Gasteiger partial charge in [-0.15, -0.1) is 0 Å². The van der Waals surface area contributed by atoms with Gasteiger partial charge in [-0.05, 0) is 42.3 Å². The molecule has 1 aliphatic carbocycles. The Labute approximate surface area is 232 Å². The first-order valence-electron chi connectivity index (χ1n) is 12.7. The normalized spacial score (nSPS) is 17.1. The van der Waals surface area contributed by atoms with Crippen molar-refractivity contribution in [3.8, 4) is 5.69 Å². The molecular formula is C30H24ClN3O6. The first-order chi connectivity index (χ1) is 19.2. The van der Waals surface area contributed by atoms with Crippen molar-refractivity contribution in [2.75, 3.05) is 0 Å². The van der Waals surface area contributed by atoms with Crippen LogP contribution < -0.4 is 10.9 Å². The average Bonchev–Trinajstić information content (AvgIpc) is 3.47. The molecule has 3 aromatic carbocycles. The molecule has 10 heteroatoms. The number of carbonyl (C=O) groups excluding carboxylic acids is 2. The average molecular weight is 558 g/mol. The minimum Gasteiger partial charge on any atom is -0.447 e. The quantitative estimate of drug-likeness (QED) is 0.305. The molecule has 0 radical (unpaired) electrons. The number of rotatable bonds is 5. The summed E-state index contributed by atoms with van der Waals surface area (Å²) in [5.74, 6) is -0.808. The number of pyridine rings is 1. The molecule has 202 valence electrons. The number of hydrogen-bond donors (Lipinski definition) is 2. The van der Waals surface area contributed by atoms with Crippen LogP contribution in [0.5, 0.6) is 0 Å². The summed E-state index contributed by atoms with van der Waals surface area (Å²) in [6, 6.07) is 18.5. The molecule has 2 aromatic heterocycles. The number of aliphatic hydroxyl groups is 1. The molecule has 0 fully saturated rings. The maximum absolute atomic E-state index is 13.8. The van der Waals surface area contributed by atoms with Gasteiger partial charge < -0.3 is 19.7 Å². The Morgan fingerprint density at radius 3 is 2.65 bits per heavy atom. The van der Waals surface area contributed by atoms with Crippen molar-refractivity contribution in [1.29, 1.82) is 0 Å². The van der Waals surface area contributed by atoms with Gasteiger partial charge in [-0.2, -0.15) is 0 Å². The summed E-state index contributed by atoms with van der Waals surface area (Å²) in [7, 11) is 0. The van der Waals surface area contributed by atoms with E-state index in [4.69, 9.17) is 20.9 Å². The monoisotopic (exact) mass is 557 g/mol. The molecule has 6 rings (SSSR count). The van der Waals surface area contributed by atoms with Crippen LogP contribution in [0.1, 0.15) is 41.5 Å². The number of aliphatic hydroxyl groups excluding tert-OH is 1. The number of fused-ring (bicyclic) bond motifs is 4. The Morgan fingerprint density at radius 1 is 1.12 bits per heavy atom. The van der Waals surface area contributed by atoms with Gasteiger partial charge in [-0.25, -0.2) is 0 Å². The molecule has 0 bridgehead atoms. The lowest BCUT2D eigenvalue weighted by Gasteiger charge is -2.23. The van der Waals surface area contributed by atoms with E-state index in [1.54, 1.807) is 67.6 Å². The van der Waals surface area contributed by atoms with Crippen LogP contribution in [-0.2, 0) is 20.7 Å². The van der Waals surface area contributed by atoms with Crippen LogP contribution in [-0.4, -0.2) is 32.8 Å². The molecule has 3 unspecified atom stereocenters. The summed E-state index contributed by atoms with van der Waals surface area (Å²) in [5, 5.41) is 19.2. The Bertz CT molecular complexity index is 1860. The number of halogens is 1. The summed E-state index contributed by atoms with van der Waals surface area (Å²) >= 11 is 6.55. The molecule has 0 saturated heterocycles. The van der Waals surface area contributed by atoms with Gasteiger partial charge in [0.05, 0.1) is 22.7 Å². The molecule has 1 amide bonds. The van der Waals surface area contributed by atoms with E-state index >= 15 is 0 Å². The van der Waals surface area contributed by atoms with Gasteiger partial charge in [0.15, 0.2) is 0 Å². The maximum Gasteiger partial charge on any atom is 0.303 e. The Hall–Kier alpha value is -4.47. The first kappa shape index (κ1) is 25.8. The Balaban J connectivity index is 1.45. The van der Waals surface area contributed by atoms with E-state index in [0.29, 0.717) is 55.8 Å². The van der Waals surface area contributed by atoms with E-state index in [0.717, 1.165) is 5.56 Å². The molecule has 1 aliphatic rings. The van der Waals surface area contributed by atoms with Crippen LogP contribution in [0.3, 0.4) is 0 Å². The van der Waals surface area contributed by atoms with E-state index in [9.17, 15) is 19.5 Å². The van der Waals surface area contributed by atoms with E-state index < -0.39 is 30.1 Å². The van der Waals surface area contributed by atoms with Gasteiger partial charge in [0.25, 0.3) is 11.5 Å². The summed E-state index contributed by atoms with van der Waals surface area (Å²) < 4.78 is 12.2. The van der Waals surface area contributed by atoms with Crippen LogP contribution in [0.4, 0.5) is 0 Å². The molecule has 2 N–H and O–H groups in total. The highest BCUT2D eigenvalue weighted by Crippen LogP contribution is 2.36. The Kier molecular flexibility index (Phi) is 6.40. The SMILES string of the molecule is CC(=O)OC(C(=O)NC1c2cc(-n3c(=O)c4c(C)onc4c4c(Cl)cccc43)ccc2CC1O)c1ccccc1. The van der Waals surface area contributed by atoms with Crippen molar-refractivity contribution in [2.24, 2.45) is 0 Å². The largest absolute Gasteiger partial charge is 0.447 e. The second-order valence-electron chi connectivity index (χ2n) is 9.78. The summed E-state index contributed by atoms with van der Waals surface area (Å²) in [6.07, 6.45) is -1.81. The number of esters is 1. The molecule has 0 saturated carbocycles. The number of hydrogen-bond acceptors (Lipinski definition) is 7. The number of nitrogens with one attached hydrogen (secondary N) is 1. The Morgan fingerprint density at radius 2 is 1.90 bits per heavy atom. The lowest BCUT2D eigenvalue weighted by Crippen LogP contribution is -2.38. The fourth-order valence-corrected chi connectivity index (χ4v) is 5.68. The van der Waals surface area contributed by atoms with E-state index in [2.05, 4.69) is 10.5 Å². The highest BCUT2D eigenvalue weighted by atomic mass is 35.5. The smallest absolute Gasteiger partial charge is 0.303 e. The van der Waals surface area contributed by atoms with Crippen molar-refractivity contribution >= 4 is 45.3 Å². The van der Waals surface area contributed by atoms with Gasteiger partial charge in [0, 0.05) is 30.0 Å². The molecule has 5 aromatic rings. The third kappa shape index (κ3) is 4.24. The van der Waals surface area contributed by atoms with Crippen LogP contribution in [0, 0.1) is 6.92 Å². The minimum atomic E-state index is -1.19. The second-order valence-corrected chi connectivity index (χ2v) is 10.2. The van der Waals surface area contributed by atoms with E-state index in [1.807, 2.05) is 6.07 Å². The highest BCUT2D eigenvalue weighted by Gasteiger charge is 2.35. The van der Waals surface area contributed by atoms with Crippen molar-refractivity contribution < 1.29 is 24.0 Å². The molecule has 40 heavy (non-hydrogen) atoms. The zero-order valence-corrected chi connectivity index (χ0v) is 22.3. The number of ether oxygens (including phenoxy) is 1.